The Balaban J connectivity index is 2.18. The van der Waals surface area contributed by atoms with Gasteiger partial charge in [0.15, 0.2) is 0 Å². The molecule has 2 aromatic carbocycles. The number of amides is 1. The van der Waals surface area contributed by atoms with Gasteiger partial charge in [-0.3, -0.25) is 9.10 Å². The fourth-order valence-electron chi connectivity index (χ4n) is 2.42. The van der Waals surface area contributed by atoms with E-state index in [1.54, 1.807) is 6.92 Å². The van der Waals surface area contributed by atoms with Crippen LogP contribution in [-0.4, -0.2) is 27.1 Å². The maximum atomic E-state index is 14.0. The van der Waals surface area contributed by atoms with Crippen LogP contribution in [0.5, 0.6) is 0 Å². The lowest BCUT2D eigenvalue weighted by molar-refractivity contribution is -0.120. The molecule has 0 heterocycles. The van der Waals surface area contributed by atoms with Crippen LogP contribution in [0.4, 0.5) is 14.5 Å². The summed E-state index contributed by atoms with van der Waals surface area (Å²) in [7, 11) is -3.94. The van der Waals surface area contributed by atoms with E-state index in [1.165, 1.54) is 0 Å². The van der Waals surface area contributed by atoms with Gasteiger partial charge >= 0.3 is 0 Å². The minimum Gasteiger partial charge on any atom is -0.348 e. The van der Waals surface area contributed by atoms with E-state index in [9.17, 15) is 22.0 Å². The van der Waals surface area contributed by atoms with Crippen LogP contribution < -0.4 is 9.62 Å². The third-order valence-electron chi connectivity index (χ3n) is 3.82. The van der Waals surface area contributed by atoms with Gasteiger partial charge in [-0.05, 0) is 31.5 Å². The number of sulfonamides is 1. The van der Waals surface area contributed by atoms with Crippen molar-refractivity contribution in [3.63, 3.8) is 0 Å². The van der Waals surface area contributed by atoms with Crippen molar-refractivity contribution in [1.82, 2.24) is 5.32 Å². The van der Waals surface area contributed by atoms with E-state index in [2.05, 4.69) is 5.32 Å². The monoisotopic (exact) mass is 382 g/mol. The molecule has 140 valence electrons. The Hall–Kier alpha value is -2.48. The predicted molar refractivity (Wildman–Crippen MR) is 96.3 cm³/mol. The fraction of sp³-hybridized carbons (Fsp3) is 0.278. The van der Waals surface area contributed by atoms with Crippen molar-refractivity contribution < 1.29 is 22.0 Å². The smallest absolute Gasteiger partial charge is 0.241 e. The second-order valence-electron chi connectivity index (χ2n) is 6.07. The number of nitrogens with one attached hydrogen (secondary N) is 1. The van der Waals surface area contributed by atoms with Crippen molar-refractivity contribution in [2.24, 2.45) is 0 Å². The molecule has 8 heteroatoms. The number of anilines is 1. The molecule has 0 saturated heterocycles. The van der Waals surface area contributed by atoms with E-state index in [0.717, 1.165) is 29.5 Å². The van der Waals surface area contributed by atoms with Gasteiger partial charge in [-0.2, -0.15) is 0 Å². The average Bonchev–Trinajstić information content (AvgIpc) is 2.53. The lowest BCUT2D eigenvalue weighted by Gasteiger charge is -2.23. The van der Waals surface area contributed by atoms with E-state index in [0.29, 0.717) is 10.4 Å². The van der Waals surface area contributed by atoms with E-state index < -0.39 is 34.1 Å². The number of benzene rings is 2. The summed E-state index contributed by atoms with van der Waals surface area (Å²) in [6, 6.07) is 9.64. The van der Waals surface area contributed by atoms with Crippen molar-refractivity contribution in [2.45, 2.75) is 19.9 Å². The van der Waals surface area contributed by atoms with Crippen molar-refractivity contribution in [1.29, 1.82) is 0 Å². The number of rotatable bonds is 6. The highest BCUT2D eigenvalue weighted by atomic mass is 32.2. The molecule has 1 N–H and O–H groups in total. The minimum absolute atomic E-state index is 0.359. The van der Waals surface area contributed by atoms with E-state index in [4.69, 9.17) is 0 Å². The molecule has 0 aromatic heterocycles. The van der Waals surface area contributed by atoms with E-state index >= 15 is 0 Å². The van der Waals surface area contributed by atoms with Gasteiger partial charge < -0.3 is 5.32 Å². The molecule has 0 spiro atoms. The van der Waals surface area contributed by atoms with E-state index in [1.807, 2.05) is 31.2 Å². The standard InChI is InChI=1S/C18H20F2N2O3S/c1-12-4-6-14(7-5-12)13(2)21-18(23)11-22(26(3,24)25)17-9-8-15(19)10-16(17)20/h4-10,13H,11H2,1-3H3,(H,21,23)/t13-/m1/s1. The van der Waals surface area contributed by atoms with Crippen molar-refractivity contribution >= 4 is 21.6 Å². The first-order valence-corrected chi connectivity index (χ1v) is 9.71. The molecule has 1 atom stereocenters. The number of carbonyl (C=O) groups excluding carboxylic acids is 1. The number of aryl methyl sites for hydroxylation is 1. The summed E-state index contributed by atoms with van der Waals surface area (Å²) in [5.41, 5.74) is 1.54. The van der Waals surface area contributed by atoms with Crippen LogP contribution in [0.25, 0.3) is 0 Å². The zero-order valence-corrected chi connectivity index (χ0v) is 15.5. The van der Waals surface area contributed by atoms with Crippen LogP contribution in [0.1, 0.15) is 24.1 Å². The molecule has 0 unspecified atom stereocenters. The SMILES string of the molecule is Cc1ccc([C@@H](C)NC(=O)CN(c2ccc(F)cc2F)S(C)(=O)=O)cc1. The summed E-state index contributed by atoms with van der Waals surface area (Å²) in [5, 5.41) is 2.68. The van der Waals surface area contributed by atoms with Crippen LogP contribution in [0.15, 0.2) is 42.5 Å². The van der Waals surface area contributed by atoms with Crippen molar-refractivity contribution in [3.8, 4) is 0 Å². The third-order valence-corrected chi connectivity index (χ3v) is 4.95. The molecule has 2 rings (SSSR count). The molecule has 0 radical (unpaired) electrons. The van der Waals surface area contributed by atoms with Gasteiger partial charge in [0, 0.05) is 6.07 Å². The van der Waals surface area contributed by atoms with Gasteiger partial charge in [0.25, 0.3) is 0 Å². The summed E-state index contributed by atoms with van der Waals surface area (Å²) in [5.74, 6) is -2.50. The molecular weight excluding hydrogens is 362 g/mol. The predicted octanol–water partition coefficient (Wildman–Crippen LogP) is 2.92. The van der Waals surface area contributed by atoms with Crippen molar-refractivity contribution in [2.75, 3.05) is 17.1 Å². The van der Waals surface area contributed by atoms with Gasteiger partial charge in [-0.1, -0.05) is 29.8 Å². The molecule has 0 saturated carbocycles. The number of carbonyl (C=O) groups is 1. The topological polar surface area (TPSA) is 66.5 Å². The number of nitrogens with zero attached hydrogens (tertiary/aromatic N) is 1. The Labute approximate surface area is 151 Å². The highest BCUT2D eigenvalue weighted by Gasteiger charge is 2.24. The molecule has 26 heavy (non-hydrogen) atoms. The normalized spacial score (nSPS) is 12.5. The Morgan fingerprint density at radius 2 is 1.77 bits per heavy atom. The Morgan fingerprint density at radius 1 is 1.15 bits per heavy atom. The highest BCUT2D eigenvalue weighted by Crippen LogP contribution is 2.22. The van der Waals surface area contributed by atoms with Gasteiger partial charge in [0.05, 0.1) is 18.0 Å². The zero-order valence-electron chi connectivity index (χ0n) is 14.7. The van der Waals surface area contributed by atoms with Crippen molar-refractivity contribution in [3.05, 3.63) is 65.2 Å². The third kappa shape index (κ3) is 5.01. The largest absolute Gasteiger partial charge is 0.348 e. The summed E-state index contributed by atoms with van der Waals surface area (Å²) >= 11 is 0. The Morgan fingerprint density at radius 3 is 2.31 bits per heavy atom. The van der Waals surface area contributed by atoms with Gasteiger partial charge in [-0.15, -0.1) is 0 Å². The molecule has 1 amide bonds. The Kier molecular flexibility index (Phi) is 5.97. The number of halogens is 2. The lowest BCUT2D eigenvalue weighted by Crippen LogP contribution is -2.41. The van der Waals surface area contributed by atoms with Crippen LogP contribution in [0, 0.1) is 18.6 Å². The molecule has 0 fully saturated rings. The number of hydrogen-bond donors (Lipinski definition) is 1. The van der Waals surface area contributed by atoms with E-state index in [-0.39, 0.29) is 11.7 Å². The number of hydrogen-bond acceptors (Lipinski definition) is 3. The van der Waals surface area contributed by atoms with Gasteiger partial charge in [-0.25, -0.2) is 17.2 Å². The average molecular weight is 382 g/mol. The Bertz CT molecular complexity index is 899. The summed E-state index contributed by atoms with van der Waals surface area (Å²) in [6.45, 7) is 3.08. The molecular formula is C18H20F2N2O3S. The fourth-order valence-corrected chi connectivity index (χ4v) is 3.28. The van der Waals surface area contributed by atoms with Crippen LogP contribution in [0.2, 0.25) is 0 Å². The second-order valence-corrected chi connectivity index (χ2v) is 7.97. The first-order valence-electron chi connectivity index (χ1n) is 7.86. The zero-order chi connectivity index (χ0) is 19.5. The van der Waals surface area contributed by atoms with Gasteiger partial charge in [0.1, 0.15) is 18.2 Å². The second kappa shape index (κ2) is 7.82. The molecule has 5 nitrogen and oxygen atoms in total. The quantitative estimate of drug-likeness (QED) is 0.835. The first-order chi connectivity index (χ1) is 12.1. The van der Waals surface area contributed by atoms with Gasteiger partial charge in [0.2, 0.25) is 15.9 Å². The minimum atomic E-state index is -3.94. The molecule has 0 aliphatic heterocycles. The van der Waals surface area contributed by atoms with Crippen LogP contribution in [0.3, 0.4) is 0 Å². The lowest BCUT2D eigenvalue weighted by atomic mass is 10.1. The van der Waals surface area contributed by atoms with Crippen LogP contribution >= 0.6 is 0 Å². The highest BCUT2D eigenvalue weighted by molar-refractivity contribution is 7.92. The molecule has 0 aliphatic carbocycles. The maximum Gasteiger partial charge on any atom is 0.241 e. The molecule has 0 bridgehead atoms. The summed E-state index contributed by atoms with van der Waals surface area (Å²) < 4.78 is 51.6. The summed E-state index contributed by atoms with van der Waals surface area (Å²) in [6.07, 6.45) is 0.854. The molecule has 0 aliphatic rings. The maximum absolute atomic E-state index is 14.0. The first kappa shape index (κ1) is 19.8. The summed E-state index contributed by atoms with van der Waals surface area (Å²) in [4.78, 5) is 12.3. The van der Waals surface area contributed by atoms with Crippen LogP contribution in [-0.2, 0) is 14.8 Å². The molecule has 2 aromatic rings.